The molecular weight excluding hydrogens is 366 g/mol. The van der Waals surface area contributed by atoms with Crippen LogP contribution in [0, 0.1) is 0 Å². The van der Waals surface area contributed by atoms with Crippen LogP contribution in [0.5, 0.6) is 0 Å². The summed E-state index contributed by atoms with van der Waals surface area (Å²) in [5, 5.41) is 9.42. The number of rotatable bonds is 6. The number of aromatic carboxylic acids is 1. The third-order valence-corrected chi connectivity index (χ3v) is 5.32. The Hall–Kier alpha value is -2.97. The van der Waals surface area contributed by atoms with Gasteiger partial charge >= 0.3 is 5.97 Å². The summed E-state index contributed by atoms with van der Waals surface area (Å²) in [7, 11) is -3.35. The number of carboxylic acids is 1. The van der Waals surface area contributed by atoms with Gasteiger partial charge in [0.25, 0.3) is 0 Å². The van der Waals surface area contributed by atoms with Crippen LogP contribution in [-0.4, -0.2) is 42.3 Å². The number of nitrogens with zero attached hydrogens (tertiary/aromatic N) is 1. The normalized spacial score (nSPS) is 11.5. The van der Waals surface area contributed by atoms with Crippen molar-refractivity contribution < 1.29 is 18.3 Å². The fourth-order valence-electron chi connectivity index (χ4n) is 2.93. The van der Waals surface area contributed by atoms with E-state index in [1.54, 1.807) is 42.7 Å². The summed E-state index contributed by atoms with van der Waals surface area (Å²) in [5.41, 5.74) is 9.00. The molecule has 0 fully saturated rings. The lowest BCUT2D eigenvalue weighted by Crippen LogP contribution is -2.07. The second kappa shape index (κ2) is 7.34. The molecule has 8 heteroatoms. The number of H-pyrrole nitrogens is 1. The van der Waals surface area contributed by atoms with Crippen molar-refractivity contribution in [3.05, 3.63) is 60.0 Å². The number of carboxylic acid groups (broad SMARTS) is 1. The molecule has 27 heavy (non-hydrogen) atoms. The van der Waals surface area contributed by atoms with E-state index in [-0.39, 0.29) is 10.5 Å². The third kappa shape index (κ3) is 3.91. The first kappa shape index (κ1) is 18.8. The molecule has 0 atom stereocenters. The van der Waals surface area contributed by atoms with E-state index in [0.29, 0.717) is 35.5 Å². The summed E-state index contributed by atoms with van der Waals surface area (Å²) in [6.07, 6.45) is 4.79. The van der Waals surface area contributed by atoms with Crippen LogP contribution in [-0.2, 0) is 16.3 Å². The van der Waals surface area contributed by atoms with Gasteiger partial charge in [0, 0.05) is 47.6 Å². The summed E-state index contributed by atoms with van der Waals surface area (Å²) < 4.78 is 23.7. The largest absolute Gasteiger partial charge is 0.478 e. The molecule has 2 heterocycles. The monoisotopic (exact) mass is 385 g/mol. The molecule has 0 spiro atoms. The van der Waals surface area contributed by atoms with Crippen molar-refractivity contribution in [2.75, 3.05) is 12.8 Å². The SMILES string of the molecule is CS(=O)(=O)c1cccc(-c2cnccc2-c2cc(C(=O)O)c(CCN)[nH]2)c1. The standard InChI is InChI=1S/C19H19N3O4S/c1-27(25,26)13-4-2-3-12(9-13)16-11-21-8-6-14(16)18-10-15(19(23)24)17(22-18)5-7-20/h2-4,6,8-11,22H,5,7,20H2,1H3,(H,23,24). The molecule has 0 aliphatic heterocycles. The van der Waals surface area contributed by atoms with Crippen LogP contribution < -0.4 is 5.73 Å². The topological polar surface area (TPSA) is 126 Å². The van der Waals surface area contributed by atoms with E-state index in [4.69, 9.17) is 5.73 Å². The van der Waals surface area contributed by atoms with Gasteiger partial charge in [0.15, 0.2) is 9.84 Å². The van der Waals surface area contributed by atoms with E-state index < -0.39 is 15.8 Å². The molecule has 0 saturated carbocycles. The average molecular weight is 385 g/mol. The average Bonchev–Trinajstić information content (AvgIpc) is 3.06. The van der Waals surface area contributed by atoms with Crippen molar-refractivity contribution in [3.8, 4) is 22.4 Å². The number of hydrogen-bond donors (Lipinski definition) is 3. The fourth-order valence-corrected chi connectivity index (χ4v) is 3.60. The number of pyridine rings is 1. The van der Waals surface area contributed by atoms with Crippen LogP contribution in [0.3, 0.4) is 0 Å². The second-order valence-electron chi connectivity index (χ2n) is 6.14. The first-order valence-corrected chi connectivity index (χ1v) is 10.1. The van der Waals surface area contributed by atoms with Crippen molar-refractivity contribution >= 4 is 15.8 Å². The zero-order valence-corrected chi connectivity index (χ0v) is 15.5. The maximum atomic E-state index is 11.9. The van der Waals surface area contributed by atoms with Crippen LogP contribution in [0.1, 0.15) is 16.1 Å². The van der Waals surface area contributed by atoms with E-state index in [2.05, 4.69) is 9.97 Å². The van der Waals surface area contributed by atoms with Crippen molar-refractivity contribution in [1.29, 1.82) is 0 Å². The van der Waals surface area contributed by atoms with Crippen molar-refractivity contribution in [2.45, 2.75) is 11.3 Å². The van der Waals surface area contributed by atoms with E-state index >= 15 is 0 Å². The van der Waals surface area contributed by atoms with E-state index in [1.165, 1.54) is 6.07 Å². The quantitative estimate of drug-likeness (QED) is 0.598. The summed E-state index contributed by atoms with van der Waals surface area (Å²) >= 11 is 0. The number of aromatic nitrogens is 2. The van der Waals surface area contributed by atoms with E-state index in [1.807, 2.05) is 0 Å². The lowest BCUT2D eigenvalue weighted by Gasteiger charge is -2.09. The summed E-state index contributed by atoms with van der Waals surface area (Å²) in [6, 6.07) is 9.89. The Morgan fingerprint density at radius 1 is 1.22 bits per heavy atom. The Labute approximate surface area is 156 Å². The molecule has 3 rings (SSSR count). The van der Waals surface area contributed by atoms with Crippen LogP contribution in [0.4, 0.5) is 0 Å². The molecule has 3 aromatic rings. The minimum atomic E-state index is -3.35. The summed E-state index contributed by atoms with van der Waals surface area (Å²) in [6.45, 7) is 0.319. The third-order valence-electron chi connectivity index (χ3n) is 4.21. The second-order valence-corrected chi connectivity index (χ2v) is 8.16. The number of nitrogens with one attached hydrogen (secondary N) is 1. The zero-order valence-electron chi connectivity index (χ0n) is 14.6. The maximum Gasteiger partial charge on any atom is 0.337 e. The van der Waals surface area contributed by atoms with Crippen LogP contribution >= 0.6 is 0 Å². The molecule has 0 bridgehead atoms. The first-order chi connectivity index (χ1) is 12.8. The van der Waals surface area contributed by atoms with Gasteiger partial charge in [-0.25, -0.2) is 13.2 Å². The fraction of sp³-hybridized carbons (Fsp3) is 0.158. The van der Waals surface area contributed by atoms with Gasteiger partial charge in [-0.15, -0.1) is 0 Å². The molecule has 0 aliphatic rings. The van der Waals surface area contributed by atoms with Gasteiger partial charge in [-0.2, -0.15) is 0 Å². The Balaban J connectivity index is 2.16. The van der Waals surface area contributed by atoms with Crippen LogP contribution in [0.25, 0.3) is 22.4 Å². The van der Waals surface area contributed by atoms with Gasteiger partial charge in [0.05, 0.1) is 10.5 Å². The predicted octanol–water partition coefficient (Wildman–Crippen LogP) is 2.35. The molecule has 0 unspecified atom stereocenters. The molecule has 0 amide bonds. The van der Waals surface area contributed by atoms with Gasteiger partial charge in [0.1, 0.15) is 0 Å². The molecule has 140 valence electrons. The minimum absolute atomic E-state index is 0.170. The number of carbonyl (C=O) groups is 1. The molecule has 0 aliphatic carbocycles. The lowest BCUT2D eigenvalue weighted by molar-refractivity contribution is 0.0696. The number of aromatic amines is 1. The molecule has 7 nitrogen and oxygen atoms in total. The number of sulfone groups is 1. The molecular formula is C19H19N3O4S. The molecule has 0 saturated heterocycles. The van der Waals surface area contributed by atoms with Gasteiger partial charge < -0.3 is 15.8 Å². The zero-order chi connectivity index (χ0) is 19.6. The van der Waals surface area contributed by atoms with Crippen molar-refractivity contribution in [1.82, 2.24) is 9.97 Å². The minimum Gasteiger partial charge on any atom is -0.478 e. The highest BCUT2D eigenvalue weighted by Crippen LogP contribution is 2.33. The molecule has 2 aromatic heterocycles. The number of nitrogens with two attached hydrogens (primary N) is 1. The number of benzene rings is 1. The lowest BCUT2D eigenvalue weighted by atomic mass is 10.00. The van der Waals surface area contributed by atoms with Crippen molar-refractivity contribution in [2.24, 2.45) is 5.73 Å². The Kier molecular flexibility index (Phi) is 5.11. The van der Waals surface area contributed by atoms with E-state index in [9.17, 15) is 18.3 Å². The smallest absolute Gasteiger partial charge is 0.337 e. The highest BCUT2D eigenvalue weighted by Gasteiger charge is 2.18. The number of hydrogen-bond acceptors (Lipinski definition) is 5. The maximum absolute atomic E-state index is 11.9. The van der Waals surface area contributed by atoms with E-state index in [0.717, 1.165) is 11.8 Å². The van der Waals surface area contributed by atoms with Crippen molar-refractivity contribution in [3.63, 3.8) is 0 Å². The van der Waals surface area contributed by atoms with Gasteiger partial charge in [-0.05, 0) is 36.4 Å². The highest BCUT2D eigenvalue weighted by molar-refractivity contribution is 7.90. The predicted molar refractivity (Wildman–Crippen MR) is 102 cm³/mol. The summed E-state index contributed by atoms with van der Waals surface area (Å²) in [5.74, 6) is -1.03. The molecule has 0 radical (unpaired) electrons. The molecule has 4 N–H and O–H groups in total. The van der Waals surface area contributed by atoms with Gasteiger partial charge in [-0.3, -0.25) is 4.98 Å². The highest BCUT2D eigenvalue weighted by atomic mass is 32.2. The van der Waals surface area contributed by atoms with Crippen LogP contribution in [0.2, 0.25) is 0 Å². The van der Waals surface area contributed by atoms with Crippen LogP contribution in [0.15, 0.2) is 53.7 Å². The molecule has 1 aromatic carbocycles. The first-order valence-electron chi connectivity index (χ1n) is 8.21. The Morgan fingerprint density at radius 3 is 2.67 bits per heavy atom. The Morgan fingerprint density at radius 2 is 2.00 bits per heavy atom. The van der Waals surface area contributed by atoms with Gasteiger partial charge in [-0.1, -0.05) is 12.1 Å². The van der Waals surface area contributed by atoms with Gasteiger partial charge in [0.2, 0.25) is 0 Å². The Bertz CT molecular complexity index is 1100. The summed E-state index contributed by atoms with van der Waals surface area (Å²) in [4.78, 5) is 19.0.